The zero-order valence-electron chi connectivity index (χ0n) is 23.3. The molecule has 6 heteroatoms. The number of hydrogen-bond donors (Lipinski definition) is 0. The highest BCUT2D eigenvalue weighted by Crippen LogP contribution is 2.38. The summed E-state index contributed by atoms with van der Waals surface area (Å²) in [4.78, 5) is 17.7. The van der Waals surface area contributed by atoms with Crippen molar-refractivity contribution in [2.24, 2.45) is 0 Å². The first-order chi connectivity index (χ1) is 18.3. The van der Waals surface area contributed by atoms with Crippen molar-refractivity contribution in [3.63, 3.8) is 0 Å². The van der Waals surface area contributed by atoms with Gasteiger partial charge in [-0.3, -0.25) is 0 Å². The Balaban J connectivity index is 1.35. The molecule has 1 heterocycles. The predicted molar refractivity (Wildman–Crippen MR) is 148 cm³/mol. The third kappa shape index (κ3) is 6.97. The fraction of sp³-hybridized carbons (Fsp3) is 0.500. The van der Waals surface area contributed by atoms with Crippen molar-refractivity contribution >= 4 is 5.97 Å². The van der Waals surface area contributed by atoms with Crippen molar-refractivity contribution in [3.05, 3.63) is 77.5 Å². The lowest BCUT2D eigenvalue weighted by Crippen LogP contribution is -2.45. The highest BCUT2D eigenvalue weighted by Gasteiger charge is 2.38. The molecule has 0 spiro atoms. The second-order valence-corrected chi connectivity index (χ2v) is 10.8. The number of ether oxygens (including phenoxy) is 3. The van der Waals surface area contributed by atoms with Crippen LogP contribution in [0.5, 0.6) is 11.5 Å². The van der Waals surface area contributed by atoms with Crippen molar-refractivity contribution in [2.45, 2.75) is 90.1 Å². The maximum absolute atomic E-state index is 12.8. The van der Waals surface area contributed by atoms with E-state index in [-0.39, 0.29) is 11.4 Å². The molecule has 2 aromatic carbocycles. The van der Waals surface area contributed by atoms with E-state index in [0.717, 1.165) is 41.5 Å². The van der Waals surface area contributed by atoms with Gasteiger partial charge in [0.05, 0.1) is 18.9 Å². The molecule has 6 nitrogen and oxygen atoms in total. The Labute approximate surface area is 226 Å². The lowest BCUT2D eigenvalue weighted by molar-refractivity contribution is -0.160. The quantitative estimate of drug-likeness (QED) is 0.198. The maximum Gasteiger partial charge on any atom is 0.350 e. The Hall–Kier alpha value is -3.28. The zero-order chi connectivity index (χ0) is 27.0. The molecule has 3 aromatic rings. The molecule has 1 saturated carbocycles. The van der Waals surface area contributed by atoms with Gasteiger partial charge in [0.15, 0.2) is 0 Å². The van der Waals surface area contributed by atoms with Gasteiger partial charge in [-0.15, -0.1) is 0 Å². The van der Waals surface area contributed by atoms with Crippen LogP contribution < -0.4 is 9.47 Å². The van der Waals surface area contributed by atoms with Crippen LogP contribution in [0.1, 0.15) is 82.2 Å². The molecular formula is C32H41NO5. The van der Waals surface area contributed by atoms with Gasteiger partial charge in [0.25, 0.3) is 0 Å². The molecule has 1 aromatic heterocycles. The number of benzene rings is 2. The van der Waals surface area contributed by atoms with E-state index in [2.05, 4.69) is 6.92 Å². The van der Waals surface area contributed by atoms with E-state index in [1.54, 1.807) is 13.8 Å². The van der Waals surface area contributed by atoms with Gasteiger partial charge in [-0.2, -0.15) is 0 Å². The Bertz CT molecular complexity index is 1160. The molecule has 0 bridgehead atoms. The van der Waals surface area contributed by atoms with E-state index in [9.17, 15) is 4.79 Å². The summed E-state index contributed by atoms with van der Waals surface area (Å²) < 4.78 is 23.6. The van der Waals surface area contributed by atoms with Crippen molar-refractivity contribution in [1.29, 1.82) is 0 Å². The van der Waals surface area contributed by atoms with Crippen LogP contribution >= 0.6 is 0 Å². The summed E-state index contributed by atoms with van der Waals surface area (Å²) >= 11 is 0. The van der Waals surface area contributed by atoms with Crippen LogP contribution in [0.15, 0.2) is 59.0 Å². The summed E-state index contributed by atoms with van der Waals surface area (Å²) in [5.41, 5.74) is 0.830. The molecule has 1 aliphatic rings. The zero-order valence-corrected chi connectivity index (χ0v) is 23.3. The third-order valence-electron chi connectivity index (χ3n) is 7.48. The van der Waals surface area contributed by atoms with Crippen LogP contribution in [0, 0.1) is 6.92 Å². The van der Waals surface area contributed by atoms with Crippen LogP contribution in [0.4, 0.5) is 0 Å². The molecule has 4 rings (SSSR count). The third-order valence-corrected chi connectivity index (χ3v) is 7.48. The molecule has 38 heavy (non-hydrogen) atoms. The van der Waals surface area contributed by atoms with Crippen LogP contribution in [-0.4, -0.2) is 29.8 Å². The first-order valence-corrected chi connectivity index (χ1v) is 13.9. The number of aromatic nitrogens is 1. The van der Waals surface area contributed by atoms with Gasteiger partial charge in [-0.05, 0) is 63.4 Å². The largest absolute Gasteiger partial charge is 0.493 e. The summed E-state index contributed by atoms with van der Waals surface area (Å²) in [5.74, 6) is 2.79. The Morgan fingerprint density at radius 3 is 2.34 bits per heavy atom. The van der Waals surface area contributed by atoms with Gasteiger partial charge in [-0.25, -0.2) is 9.78 Å². The van der Waals surface area contributed by atoms with E-state index >= 15 is 0 Å². The standard InChI is InChI=1S/C32H41NO5/c1-5-35-30(34)32(4,38-27-13-9-8-10-14-27)23-25-15-17-26(18-16-25)36-22-19-28-24(2)37-29(33-28)31(3)20-11-6-7-12-21-31/h8-10,13-18H,5-7,11-12,19-23H2,1-4H3. The Kier molecular flexibility index (Phi) is 9.13. The van der Waals surface area contributed by atoms with Gasteiger partial charge < -0.3 is 18.6 Å². The normalized spacial score (nSPS) is 16.7. The minimum atomic E-state index is -1.14. The summed E-state index contributed by atoms with van der Waals surface area (Å²) in [6.45, 7) is 8.67. The molecule has 0 saturated heterocycles. The SMILES string of the molecule is CCOC(=O)C(C)(Cc1ccc(OCCc2nc(C3(C)CCCCCC3)oc2C)cc1)Oc1ccccc1. The van der Waals surface area contributed by atoms with E-state index in [1.807, 2.05) is 61.5 Å². The number of para-hydroxylation sites is 1. The van der Waals surface area contributed by atoms with Gasteiger partial charge in [0.2, 0.25) is 11.5 Å². The predicted octanol–water partition coefficient (Wildman–Crippen LogP) is 7.16. The van der Waals surface area contributed by atoms with E-state index in [4.69, 9.17) is 23.6 Å². The number of carbonyl (C=O) groups is 1. The molecule has 1 fully saturated rings. The summed E-state index contributed by atoms with van der Waals surface area (Å²) in [6, 6.07) is 17.1. The number of aryl methyl sites for hydroxylation is 1. The first-order valence-electron chi connectivity index (χ1n) is 13.9. The fourth-order valence-corrected chi connectivity index (χ4v) is 5.18. The molecule has 1 aliphatic carbocycles. The van der Waals surface area contributed by atoms with Crippen molar-refractivity contribution in [1.82, 2.24) is 4.98 Å². The van der Waals surface area contributed by atoms with E-state index in [0.29, 0.717) is 31.8 Å². The maximum atomic E-state index is 12.8. The van der Waals surface area contributed by atoms with Crippen LogP contribution in [0.2, 0.25) is 0 Å². The van der Waals surface area contributed by atoms with Gasteiger partial charge in [0, 0.05) is 18.3 Å². The molecular weight excluding hydrogens is 478 g/mol. The second-order valence-electron chi connectivity index (χ2n) is 10.8. The molecule has 0 radical (unpaired) electrons. The lowest BCUT2D eigenvalue weighted by Gasteiger charge is -2.28. The highest BCUT2D eigenvalue weighted by molar-refractivity contribution is 5.80. The van der Waals surface area contributed by atoms with E-state index in [1.165, 1.54) is 25.7 Å². The van der Waals surface area contributed by atoms with E-state index < -0.39 is 5.60 Å². The molecule has 1 atom stereocenters. The Morgan fingerprint density at radius 2 is 1.68 bits per heavy atom. The average molecular weight is 520 g/mol. The number of oxazole rings is 1. The highest BCUT2D eigenvalue weighted by atomic mass is 16.6. The monoisotopic (exact) mass is 519 g/mol. The van der Waals surface area contributed by atoms with Crippen molar-refractivity contribution in [2.75, 3.05) is 13.2 Å². The van der Waals surface area contributed by atoms with Crippen molar-refractivity contribution in [3.8, 4) is 11.5 Å². The van der Waals surface area contributed by atoms with Crippen LogP contribution in [0.3, 0.4) is 0 Å². The van der Waals surface area contributed by atoms with Gasteiger partial charge >= 0.3 is 5.97 Å². The molecule has 0 aliphatic heterocycles. The average Bonchev–Trinajstić information content (AvgIpc) is 3.13. The smallest absolute Gasteiger partial charge is 0.350 e. The fourth-order valence-electron chi connectivity index (χ4n) is 5.18. The topological polar surface area (TPSA) is 70.8 Å². The minimum absolute atomic E-state index is 0.0402. The molecule has 0 amide bonds. The van der Waals surface area contributed by atoms with Crippen LogP contribution in [-0.2, 0) is 27.8 Å². The summed E-state index contributed by atoms with van der Waals surface area (Å²) in [5, 5.41) is 0. The molecule has 0 N–H and O–H groups in total. The van der Waals surface area contributed by atoms with Gasteiger partial charge in [0.1, 0.15) is 17.3 Å². The number of esters is 1. The first kappa shape index (κ1) is 27.7. The number of rotatable bonds is 11. The second kappa shape index (κ2) is 12.5. The van der Waals surface area contributed by atoms with Crippen molar-refractivity contribution < 1.29 is 23.4 Å². The summed E-state index contributed by atoms with van der Waals surface area (Å²) in [6.07, 6.45) is 8.43. The number of nitrogens with zero attached hydrogens (tertiary/aromatic N) is 1. The summed E-state index contributed by atoms with van der Waals surface area (Å²) in [7, 11) is 0. The molecule has 204 valence electrons. The number of carbonyl (C=O) groups excluding carboxylic acids is 1. The molecule has 1 unspecified atom stereocenters. The Morgan fingerprint density at radius 1 is 1.00 bits per heavy atom. The van der Waals surface area contributed by atoms with Gasteiger partial charge in [-0.1, -0.05) is 62.9 Å². The minimum Gasteiger partial charge on any atom is -0.493 e. The van der Waals surface area contributed by atoms with Crippen LogP contribution in [0.25, 0.3) is 0 Å². The number of hydrogen-bond acceptors (Lipinski definition) is 6. The lowest BCUT2D eigenvalue weighted by atomic mass is 9.82.